The van der Waals surface area contributed by atoms with Crippen molar-refractivity contribution in [3.63, 3.8) is 0 Å². The molecule has 1 saturated heterocycles. The lowest BCUT2D eigenvalue weighted by Gasteiger charge is -2.24. The number of carbonyl (C=O) groups excluding carboxylic acids is 1. The van der Waals surface area contributed by atoms with E-state index in [9.17, 15) is 4.79 Å². The van der Waals surface area contributed by atoms with Crippen molar-refractivity contribution in [1.29, 1.82) is 0 Å². The van der Waals surface area contributed by atoms with Gasteiger partial charge in [0, 0.05) is 31.9 Å². The lowest BCUT2D eigenvalue weighted by atomic mass is 9.90. The molecule has 0 aromatic carbocycles. The topological polar surface area (TPSA) is 63.2 Å². The number of hydrogen-bond donors (Lipinski definition) is 2. The number of nitrogens with zero attached hydrogens (tertiary/aromatic N) is 1. The minimum absolute atomic E-state index is 0.0212. The first kappa shape index (κ1) is 15.9. The van der Waals surface area contributed by atoms with Crippen LogP contribution in [0.1, 0.15) is 46.9 Å². The molecule has 21 heavy (non-hydrogen) atoms. The average molecular weight is 291 g/mol. The third kappa shape index (κ3) is 4.51. The van der Waals surface area contributed by atoms with Crippen molar-refractivity contribution in [2.24, 2.45) is 0 Å². The van der Waals surface area contributed by atoms with E-state index in [1.54, 1.807) is 7.11 Å². The molecule has 0 saturated carbocycles. The van der Waals surface area contributed by atoms with Crippen molar-refractivity contribution in [3.8, 4) is 0 Å². The quantitative estimate of drug-likeness (QED) is 0.782. The van der Waals surface area contributed by atoms with E-state index in [1.165, 1.54) is 0 Å². The zero-order chi connectivity index (χ0) is 15.1. The summed E-state index contributed by atoms with van der Waals surface area (Å²) in [5.74, 6) is 0.359. The largest absolute Gasteiger partial charge is 0.385 e. The Hall–Kier alpha value is -1.46. The van der Waals surface area contributed by atoms with Gasteiger partial charge in [0.15, 0.2) is 0 Å². The normalized spacial score (nSPS) is 15.9. The second-order valence-corrected chi connectivity index (χ2v) is 5.51. The Morgan fingerprint density at radius 1 is 1.43 bits per heavy atom. The SMILES string of the molecule is COCCCNC(=O)c1ccc(C)nc1C1CCNCC1. The highest BCUT2D eigenvalue weighted by atomic mass is 16.5. The first-order chi connectivity index (χ1) is 10.2. The fourth-order valence-electron chi connectivity index (χ4n) is 2.69. The zero-order valence-corrected chi connectivity index (χ0v) is 12.9. The van der Waals surface area contributed by atoms with Gasteiger partial charge < -0.3 is 15.4 Å². The molecule has 1 aliphatic rings. The summed E-state index contributed by atoms with van der Waals surface area (Å²) >= 11 is 0. The van der Waals surface area contributed by atoms with Crippen LogP contribution in [-0.4, -0.2) is 44.2 Å². The van der Waals surface area contributed by atoms with Gasteiger partial charge in [0.2, 0.25) is 0 Å². The van der Waals surface area contributed by atoms with Crippen molar-refractivity contribution in [3.05, 3.63) is 29.1 Å². The van der Waals surface area contributed by atoms with Crippen molar-refractivity contribution < 1.29 is 9.53 Å². The molecule has 1 amide bonds. The van der Waals surface area contributed by atoms with Crippen LogP contribution in [0.25, 0.3) is 0 Å². The van der Waals surface area contributed by atoms with Crippen LogP contribution in [0.15, 0.2) is 12.1 Å². The standard InChI is InChI=1S/C16H25N3O2/c1-12-4-5-14(16(20)18-8-3-11-21-2)15(19-12)13-6-9-17-10-7-13/h4-5,13,17H,3,6-11H2,1-2H3,(H,18,20). The van der Waals surface area contributed by atoms with Gasteiger partial charge in [0.25, 0.3) is 5.91 Å². The number of pyridine rings is 1. The molecular weight excluding hydrogens is 266 g/mol. The monoisotopic (exact) mass is 291 g/mol. The second kappa shape index (κ2) is 8.10. The van der Waals surface area contributed by atoms with Gasteiger partial charge in [0.1, 0.15) is 0 Å². The number of carbonyl (C=O) groups is 1. The minimum atomic E-state index is -0.0212. The summed E-state index contributed by atoms with van der Waals surface area (Å²) in [5.41, 5.74) is 2.66. The van der Waals surface area contributed by atoms with Crippen LogP contribution in [0.4, 0.5) is 0 Å². The summed E-state index contributed by atoms with van der Waals surface area (Å²) in [4.78, 5) is 17.0. The van der Waals surface area contributed by atoms with Crippen LogP contribution >= 0.6 is 0 Å². The summed E-state index contributed by atoms with van der Waals surface area (Å²) in [6.07, 6.45) is 2.91. The number of hydrogen-bond acceptors (Lipinski definition) is 4. The Morgan fingerprint density at radius 3 is 2.90 bits per heavy atom. The van der Waals surface area contributed by atoms with Crippen molar-refractivity contribution >= 4 is 5.91 Å². The highest BCUT2D eigenvalue weighted by molar-refractivity contribution is 5.95. The number of nitrogens with one attached hydrogen (secondary N) is 2. The number of aromatic nitrogens is 1. The van der Waals surface area contributed by atoms with E-state index >= 15 is 0 Å². The molecule has 2 rings (SSSR count). The Labute approximate surface area is 126 Å². The average Bonchev–Trinajstić information content (AvgIpc) is 2.52. The Balaban J connectivity index is 2.08. The van der Waals surface area contributed by atoms with E-state index < -0.39 is 0 Å². The first-order valence-corrected chi connectivity index (χ1v) is 7.67. The Bertz CT molecular complexity index is 471. The molecule has 1 aliphatic heterocycles. The van der Waals surface area contributed by atoms with Gasteiger partial charge in [-0.1, -0.05) is 0 Å². The lowest BCUT2D eigenvalue weighted by molar-refractivity contribution is 0.0946. The number of piperidine rings is 1. The highest BCUT2D eigenvalue weighted by Crippen LogP contribution is 2.26. The second-order valence-electron chi connectivity index (χ2n) is 5.51. The van der Waals surface area contributed by atoms with E-state index in [0.717, 1.165) is 49.3 Å². The maximum Gasteiger partial charge on any atom is 0.253 e. The van der Waals surface area contributed by atoms with E-state index in [4.69, 9.17) is 4.74 Å². The van der Waals surface area contributed by atoms with E-state index in [1.807, 2.05) is 19.1 Å². The number of methoxy groups -OCH3 is 1. The highest BCUT2D eigenvalue weighted by Gasteiger charge is 2.22. The molecule has 2 N–H and O–H groups in total. The molecule has 1 aromatic heterocycles. The summed E-state index contributed by atoms with van der Waals surface area (Å²) in [5, 5.41) is 6.31. The first-order valence-electron chi connectivity index (χ1n) is 7.67. The molecule has 0 radical (unpaired) electrons. The minimum Gasteiger partial charge on any atom is -0.385 e. The molecule has 0 spiro atoms. The van der Waals surface area contributed by atoms with Crippen molar-refractivity contribution in [2.45, 2.75) is 32.1 Å². The van der Waals surface area contributed by atoms with Crippen LogP contribution in [0.3, 0.4) is 0 Å². The summed E-state index contributed by atoms with van der Waals surface area (Å²) in [7, 11) is 1.67. The van der Waals surface area contributed by atoms with Crippen LogP contribution in [0, 0.1) is 6.92 Å². The number of ether oxygens (including phenoxy) is 1. The third-order valence-electron chi connectivity index (χ3n) is 3.85. The van der Waals surface area contributed by atoms with E-state index in [2.05, 4.69) is 15.6 Å². The summed E-state index contributed by atoms with van der Waals surface area (Å²) in [6, 6.07) is 3.82. The molecule has 0 unspecified atom stereocenters. The van der Waals surface area contributed by atoms with Crippen LogP contribution in [0.2, 0.25) is 0 Å². The van der Waals surface area contributed by atoms with Crippen LogP contribution in [-0.2, 0) is 4.74 Å². The van der Waals surface area contributed by atoms with Gasteiger partial charge in [-0.25, -0.2) is 0 Å². The smallest absolute Gasteiger partial charge is 0.253 e. The molecule has 5 heteroatoms. The van der Waals surface area contributed by atoms with Gasteiger partial charge >= 0.3 is 0 Å². The number of amides is 1. The summed E-state index contributed by atoms with van der Waals surface area (Å²) in [6.45, 7) is 5.26. The van der Waals surface area contributed by atoms with Gasteiger partial charge in [-0.15, -0.1) is 0 Å². The van der Waals surface area contributed by atoms with E-state index in [0.29, 0.717) is 19.1 Å². The predicted molar refractivity (Wildman–Crippen MR) is 82.6 cm³/mol. The number of rotatable bonds is 6. The molecule has 0 atom stereocenters. The Morgan fingerprint density at radius 2 is 2.19 bits per heavy atom. The van der Waals surface area contributed by atoms with Crippen molar-refractivity contribution in [1.82, 2.24) is 15.6 Å². The number of aryl methyl sites for hydroxylation is 1. The van der Waals surface area contributed by atoms with Gasteiger partial charge in [-0.3, -0.25) is 9.78 Å². The van der Waals surface area contributed by atoms with Crippen LogP contribution in [0.5, 0.6) is 0 Å². The van der Waals surface area contributed by atoms with Gasteiger partial charge in [-0.05, 0) is 51.4 Å². The molecule has 0 bridgehead atoms. The zero-order valence-electron chi connectivity index (χ0n) is 12.9. The maximum atomic E-state index is 12.4. The van der Waals surface area contributed by atoms with Gasteiger partial charge in [0.05, 0.1) is 11.3 Å². The van der Waals surface area contributed by atoms with Gasteiger partial charge in [-0.2, -0.15) is 0 Å². The molecule has 2 heterocycles. The molecule has 1 aromatic rings. The fraction of sp³-hybridized carbons (Fsp3) is 0.625. The summed E-state index contributed by atoms with van der Waals surface area (Å²) < 4.78 is 4.99. The molecule has 116 valence electrons. The molecule has 5 nitrogen and oxygen atoms in total. The predicted octanol–water partition coefficient (Wildman–Crippen LogP) is 1.62. The molecule has 1 fully saturated rings. The fourth-order valence-corrected chi connectivity index (χ4v) is 2.69. The maximum absolute atomic E-state index is 12.4. The van der Waals surface area contributed by atoms with E-state index in [-0.39, 0.29) is 5.91 Å². The molecular formula is C16H25N3O2. The third-order valence-corrected chi connectivity index (χ3v) is 3.85. The van der Waals surface area contributed by atoms with Crippen LogP contribution < -0.4 is 10.6 Å². The van der Waals surface area contributed by atoms with Crippen molar-refractivity contribution in [2.75, 3.05) is 33.4 Å². The Kier molecular flexibility index (Phi) is 6.14. The molecule has 0 aliphatic carbocycles. The lowest BCUT2D eigenvalue weighted by Crippen LogP contribution is -2.30.